The largest absolute Gasteiger partial charge is 0.497 e. The van der Waals surface area contributed by atoms with Crippen LogP contribution in [0.15, 0.2) is 36.4 Å². The molecule has 1 aliphatic heterocycles. The van der Waals surface area contributed by atoms with Crippen molar-refractivity contribution in [3.05, 3.63) is 42.0 Å². The number of urea groups is 1. The van der Waals surface area contributed by atoms with Crippen molar-refractivity contribution < 1.29 is 19.1 Å². The molecule has 1 fully saturated rings. The average molecular weight is 383 g/mol. The van der Waals surface area contributed by atoms with E-state index in [1.165, 1.54) is 0 Å². The smallest absolute Gasteiger partial charge is 0.325 e. The summed E-state index contributed by atoms with van der Waals surface area (Å²) in [5.41, 5.74) is -1.02. The second-order valence-corrected chi connectivity index (χ2v) is 8.17. The summed E-state index contributed by atoms with van der Waals surface area (Å²) in [6.07, 6.45) is 0. The highest BCUT2D eigenvalue weighted by molar-refractivity contribution is 6.09. The molecule has 0 aromatic heterocycles. The van der Waals surface area contributed by atoms with E-state index >= 15 is 0 Å². The van der Waals surface area contributed by atoms with Crippen LogP contribution in [-0.4, -0.2) is 41.9 Å². The Kier molecular flexibility index (Phi) is 4.79. The minimum absolute atomic E-state index is 0.317. The molecule has 2 aromatic rings. The van der Waals surface area contributed by atoms with Crippen molar-refractivity contribution in [3.8, 4) is 5.75 Å². The summed E-state index contributed by atoms with van der Waals surface area (Å²) in [6.45, 7) is 6.85. The number of carbonyl (C=O) groups is 3. The molecule has 0 bridgehead atoms. The predicted molar refractivity (Wildman–Crippen MR) is 106 cm³/mol. The van der Waals surface area contributed by atoms with Crippen LogP contribution in [0.3, 0.4) is 0 Å². The first-order chi connectivity index (χ1) is 13.0. The van der Waals surface area contributed by atoms with Gasteiger partial charge in [-0.05, 0) is 62.2 Å². The van der Waals surface area contributed by atoms with Gasteiger partial charge in [-0.15, -0.1) is 0 Å². The van der Waals surface area contributed by atoms with Crippen LogP contribution in [0.4, 0.5) is 4.79 Å². The molecule has 1 saturated heterocycles. The first-order valence-electron chi connectivity index (χ1n) is 9.07. The summed E-state index contributed by atoms with van der Waals surface area (Å²) in [6, 6.07) is 10.6. The maximum absolute atomic E-state index is 13.0. The highest BCUT2D eigenvalue weighted by atomic mass is 16.5. The minimum atomic E-state index is -1.23. The monoisotopic (exact) mass is 383 g/mol. The zero-order chi connectivity index (χ0) is 20.7. The van der Waals surface area contributed by atoms with Gasteiger partial charge in [0.15, 0.2) is 0 Å². The molecular weight excluding hydrogens is 358 g/mol. The molecular formula is C21H25N3O4. The van der Waals surface area contributed by atoms with Crippen LogP contribution in [0.25, 0.3) is 10.8 Å². The van der Waals surface area contributed by atoms with Crippen LogP contribution in [0.5, 0.6) is 5.75 Å². The predicted octanol–water partition coefficient (Wildman–Crippen LogP) is 2.53. The lowest BCUT2D eigenvalue weighted by Crippen LogP contribution is -2.48. The summed E-state index contributed by atoms with van der Waals surface area (Å²) in [5.74, 6) is -0.0898. The van der Waals surface area contributed by atoms with Crippen molar-refractivity contribution in [3.63, 3.8) is 0 Å². The Morgan fingerprint density at radius 2 is 1.79 bits per heavy atom. The van der Waals surface area contributed by atoms with Gasteiger partial charge in [0, 0.05) is 5.54 Å². The molecule has 7 heteroatoms. The number of nitrogens with one attached hydrogen (secondary N) is 2. The van der Waals surface area contributed by atoms with E-state index in [1.54, 1.807) is 20.1 Å². The lowest BCUT2D eigenvalue weighted by molar-refractivity contribution is -0.135. The molecule has 1 atom stereocenters. The quantitative estimate of drug-likeness (QED) is 0.794. The Bertz CT molecular complexity index is 964. The van der Waals surface area contributed by atoms with Gasteiger partial charge in [-0.1, -0.05) is 18.2 Å². The number of methoxy groups -OCH3 is 1. The van der Waals surface area contributed by atoms with Crippen molar-refractivity contribution >= 4 is 28.6 Å². The summed E-state index contributed by atoms with van der Waals surface area (Å²) < 4.78 is 5.23. The molecule has 148 valence electrons. The number of carbonyl (C=O) groups excluding carboxylic acids is 3. The van der Waals surface area contributed by atoms with Gasteiger partial charge in [0.1, 0.15) is 17.8 Å². The number of hydrogen-bond donors (Lipinski definition) is 2. The van der Waals surface area contributed by atoms with Crippen LogP contribution in [0.2, 0.25) is 0 Å². The lowest BCUT2D eigenvalue weighted by Gasteiger charge is -2.24. The van der Waals surface area contributed by atoms with Gasteiger partial charge >= 0.3 is 6.03 Å². The molecule has 28 heavy (non-hydrogen) atoms. The standard InChI is InChI=1S/C21H25N3O4/c1-20(2,3)22-17(25)12-24-18(26)21(4,23-19(24)27)15-8-6-14-11-16(28-5)9-7-13(14)10-15/h6-11H,12H2,1-5H3,(H,22,25)(H,23,27)/t21-/m0/s1. The molecule has 4 amide bonds. The van der Waals surface area contributed by atoms with Crippen LogP contribution in [0, 0.1) is 0 Å². The van der Waals surface area contributed by atoms with E-state index in [2.05, 4.69) is 10.6 Å². The van der Waals surface area contributed by atoms with E-state index in [-0.39, 0.29) is 12.5 Å². The summed E-state index contributed by atoms with van der Waals surface area (Å²) in [4.78, 5) is 38.6. The molecule has 0 unspecified atom stereocenters. The number of benzene rings is 2. The average Bonchev–Trinajstić information content (AvgIpc) is 2.83. The normalized spacial score (nSPS) is 19.7. The van der Waals surface area contributed by atoms with Crippen molar-refractivity contribution in [1.29, 1.82) is 0 Å². The molecule has 0 aliphatic carbocycles. The number of imide groups is 1. The number of hydrogen-bond acceptors (Lipinski definition) is 4. The number of amides is 4. The number of ether oxygens (including phenoxy) is 1. The van der Waals surface area contributed by atoms with E-state index in [1.807, 2.05) is 51.1 Å². The third kappa shape index (κ3) is 3.65. The van der Waals surface area contributed by atoms with E-state index in [9.17, 15) is 14.4 Å². The van der Waals surface area contributed by atoms with Gasteiger partial charge in [0.25, 0.3) is 5.91 Å². The van der Waals surface area contributed by atoms with Crippen LogP contribution < -0.4 is 15.4 Å². The zero-order valence-corrected chi connectivity index (χ0v) is 16.8. The molecule has 2 N–H and O–H groups in total. The van der Waals surface area contributed by atoms with E-state index in [0.29, 0.717) is 5.56 Å². The van der Waals surface area contributed by atoms with Gasteiger partial charge < -0.3 is 15.4 Å². The van der Waals surface area contributed by atoms with Crippen LogP contribution in [0.1, 0.15) is 33.3 Å². The molecule has 3 rings (SSSR count). The summed E-state index contributed by atoms with van der Waals surface area (Å²) in [5, 5.41) is 7.38. The SMILES string of the molecule is COc1ccc2cc([C@]3(C)NC(=O)N(CC(=O)NC(C)(C)C)C3=O)ccc2c1. The fourth-order valence-electron chi connectivity index (χ4n) is 3.30. The molecule has 0 saturated carbocycles. The van der Waals surface area contributed by atoms with Crippen LogP contribution >= 0.6 is 0 Å². The Labute approximate surface area is 164 Å². The Morgan fingerprint density at radius 3 is 2.43 bits per heavy atom. The Morgan fingerprint density at radius 1 is 1.14 bits per heavy atom. The highest BCUT2D eigenvalue weighted by Gasteiger charge is 2.49. The highest BCUT2D eigenvalue weighted by Crippen LogP contribution is 2.32. The molecule has 0 radical (unpaired) electrons. The topological polar surface area (TPSA) is 87.7 Å². The van der Waals surface area contributed by atoms with Gasteiger partial charge in [0.2, 0.25) is 5.91 Å². The summed E-state index contributed by atoms with van der Waals surface area (Å²) in [7, 11) is 1.60. The second-order valence-electron chi connectivity index (χ2n) is 8.17. The van der Waals surface area contributed by atoms with Gasteiger partial charge in [0.05, 0.1) is 7.11 Å². The molecule has 7 nitrogen and oxygen atoms in total. The molecule has 2 aromatic carbocycles. The molecule has 1 heterocycles. The first kappa shape index (κ1) is 19.7. The van der Waals surface area contributed by atoms with Crippen molar-refractivity contribution in [1.82, 2.24) is 15.5 Å². The van der Waals surface area contributed by atoms with E-state index < -0.39 is 23.0 Å². The molecule has 1 aliphatic rings. The van der Waals surface area contributed by atoms with Crippen LogP contribution in [-0.2, 0) is 15.1 Å². The number of rotatable bonds is 4. The number of fused-ring (bicyclic) bond motifs is 1. The third-order valence-electron chi connectivity index (χ3n) is 4.72. The fraction of sp³-hybridized carbons (Fsp3) is 0.381. The Hall–Kier alpha value is -3.09. The molecule has 0 spiro atoms. The van der Waals surface area contributed by atoms with Crippen molar-refractivity contribution in [2.24, 2.45) is 0 Å². The van der Waals surface area contributed by atoms with Gasteiger partial charge in [-0.2, -0.15) is 0 Å². The van der Waals surface area contributed by atoms with Crippen molar-refractivity contribution in [2.45, 2.75) is 38.8 Å². The van der Waals surface area contributed by atoms with Gasteiger partial charge in [-0.3, -0.25) is 14.5 Å². The summed E-state index contributed by atoms with van der Waals surface area (Å²) >= 11 is 0. The maximum Gasteiger partial charge on any atom is 0.325 e. The minimum Gasteiger partial charge on any atom is -0.497 e. The maximum atomic E-state index is 13.0. The first-order valence-corrected chi connectivity index (χ1v) is 9.07. The zero-order valence-electron chi connectivity index (χ0n) is 16.8. The van der Waals surface area contributed by atoms with Gasteiger partial charge in [-0.25, -0.2) is 4.79 Å². The van der Waals surface area contributed by atoms with E-state index in [4.69, 9.17) is 4.74 Å². The van der Waals surface area contributed by atoms with E-state index in [0.717, 1.165) is 21.4 Å². The fourth-order valence-corrected chi connectivity index (χ4v) is 3.30. The Balaban J connectivity index is 1.87. The number of nitrogens with zero attached hydrogens (tertiary/aromatic N) is 1. The second kappa shape index (κ2) is 6.82. The third-order valence-corrected chi connectivity index (χ3v) is 4.72. The lowest BCUT2D eigenvalue weighted by atomic mass is 9.90. The van der Waals surface area contributed by atoms with Crippen molar-refractivity contribution in [2.75, 3.05) is 13.7 Å².